The van der Waals surface area contributed by atoms with Crippen LogP contribution in [0.3, 0.4) is 0 Å². The van der Waals surface area contributed by atoms with Gasteiger partial charge in [-0.15, -0.1) is 0 Å². The van der Waals surface area contributed by atoms with Crippen LogP contribution < -0.4 is 9.80 Å². The molecule has 1 aliphatic rings. The molecule has 0 atom stereocenters. The van der Waals surface area contributed by atoms with Gasteiger partial charge in [-0.3, -0.25) is 20.2 Å². The molecule has 2 aromatic carbocycles. The molecule has 8 nitrogen and oxygen atoms in total. The average Bonchev–Trinajstić information content (AvgIpc) is 2.67. The van der Waals surface area contributed by atoms with Gasteiger partial charge >= 0.3 is 6.18 Å². The summed E-state index contributed by atoms with van der Waals surface area (Å²) in [6.07, 6.45) is -4.65. The second-order valence-corrected chi connectivity index (χ2v) is 6.21. The van der Waals surface area contributed by atoms with Gasteiger partial charge < -0.3 is 9.80 Å². The number of non-ortho nitro benzene ring substituents is 1. The fourth-order valence-corrected chi connectivity index (χ4v) is 3.10. The topological polar surface area (TPSA) is 92.8 Å². The first-order chi connectivity index (χ1) is 13.2. The Bertz CT molecular complexity index is 894. The third-order valence-electron chi connectivity index (χ3n) is 4.55. The van der Waals surface area contributed by atoms with Gasteiger partial charge in [0.25, 0.3) is 11.4 Å². The largest absolute Gasteiger partial charge is 0.416 e. The molecule has 0 spiro atoms. The van der Waals surface area contributed by atoms with E-state index in [9.17, 15) is 33.4 Å². The van der Waals surface area contributed by atoms with Gasteiger partial charge in [0.15, 0.2) is 0 Å². The number of hydrogen-bond acceptors (Lipinski definition) is 6. The van der Waals surface area contributed by atoms with Crippen LogP contribution in [0.15, 0.2) is 42.5 Å². The molecule has 0 aliphatic carbocycles. The van der Waals surface area contributed by atoms with E-state index in [-0.39, 0.29) is 11.4 Å². The molecule has 148 valence electrons. The molecule has 0 amide bonds. The maximum Gasteiger partial charge on any atom is 0.416 e. The van der Waals surface area contributed by atoms with Crippen molar-refractivity contribution in [3.05, 3.63) is 68.3 Å². The van der Waals surface area contributed by atoms with Crippen LogP contribution in [-0.2, 0) is 6.18 Å². The number of rotatable bonds is 4. The summed E-state index contributed by atoms with van der Waals surface area (Å²) in [5.74, 6) is 0. The Morgan fingerprint density at radius 3 is 1.89 bits per heavy atom. The van der Waals surface area contributed by atoms with Crippen molar-refractivity contribution in [3.63, 3.8) is 0 Å². The number of nitro groups is 2. The molecule has 3 rings (SSSR count). The van der Waals surface area contributed by atoms with Crippen LogP contribution >= 0.6 is 0 Å². The fourth-order valence-electron chi connectivity index (χ4n) is 3.10. The van der Waals surface area contributed by atoms with Gasteiger partial charge in [-0.05, 0) is 24.3 Å². The first-order valence-corrected chi connectivity index (χ1v) is 8.27. The van der Waals surface area contributed by atoms with Crippen LogP contribution in [0.4, 0.5) is 35.9 Å². The molecule has 1 aliphatic heterocycles. The van der Waals surface area contributed by atoms with Crippen molar-refractivity contribution < 1.29 is 23.0 Å². The van der Waals surface area contributed by atoms with E-state index in [1.165, 1.54) is 12.1 Å². The standard InChI is InChI=1S/C17H15F3N4O4/c18-17(19,20)12-1-6-15(16(11-12)24(27)28)22-9-7-21(8-10-22)13-2-4-14(5-3-13)23(25)26/h1-6,11H,7-10H2. The second-order valence-electron chi connectivity index (χ2n) is 6.21. The number of halogens is 3. The van der Waals surface area contributed by atoms with E-state index >= 15 is 0 Å². The van der Waals surface area contributed by atoms with E-state index in [1.807, 2.05) is 4.90 Å². The maximum absolute atomic E-state index is 12.8. The van der Waals surface area contributed by atoms with Crippen LogP contribution in [0.5, 0.6) is 0 Å². The van der Waals surface area contributed by atoms with Gasteiger partial charge in [0, 0.05) is 50.1 Å². The molecular formula is C17H15F3N4O4. The van der Waals surface area contributed by atoms with E-state index in [4.69, 9.17) is 0 Å². The highest BCUT2D eigenvalue weighted by atomic mass is 19.4. The number of nitro benzene ring substituents is 2. The summed E-state index contributed by atoms with van der Waals surface area (Å²) < 4.78 is 38.5. The summed E-state index contributed by atoms with van der Waals surface area (Å²) in [6, 6.07) is 8.54. The monoisotopic (exact) mass is 396 g/mol. The van der Waals surface area contributed by atoms with Crippen LogP contribution in [-0.4, -0.2) is 36.0 Å². The quantitative estimate of drug-likeness (QED) is 0.576. The lowest BCUT2D eigenvalue weighted by Gasteiger charge is -2.37. The number of piperazine rings is 1. The molecule has 1 heterocycles. The number of nitrogens with zero attached hydrogens (tertiary/aromatic N) is 4. The third kappa shape index (κ3) is 3.97. The summed E-state index contributed by atoms with van der Waals surface area (Å²) in [5, 5.41) is 22.0. The first-order valence-electron chi connectivity index (χ1n) is 8.27. The van der Waals surface area contributed by atoms with Crippen molar-refractivity contribution in [1.82, 2.24) is 0 Å². The van der Waals surface area contributed by atoms with Gasteiger partial charge in [0.05, 0.1) is 15.4 Å². The Labute approximate surface area is 157 Å². The minimum absolute atomic E-state index is 0.0252. The van der Waals surface area contributed by atoms with E-state index < -0.39 is 27.3 Å². The van der Waals surface area contributed by atoms with Crippen molar-refractivity contribution in [2.24, 2.45) is 0 Å². The summed E-state index contributed by atoms with van der Waals surface area (Å²) in [6.45, 7) is 1.67. The minimum Gasteiger partial charge on any atom is -0.368 e. The summed E-state index contributed by atoms with van der Waals surface area (Å²) in [7, 11) is 0. The molecule has 1 fully saturated rings. The van der Waals surface area contributed by atoms with Crippen LogP contribution in [0, 0.1) is 20.2 Å². The number of benzene rings is 2. The highest BCUT2D eigenvalue weighted by molar-refractivity contribution is 5.65. The lowest BCUT2D eigenvalue weighted by atomic mass is 10.1. The SMILES string of the molecule is O=[N+]([O-])c1ccc(N2CCN(c3ccc(C(F)(F)F)cc3[N+](=O)[O-])CC2)cc1. The van der Waals surface area contributed by atoms with Gasteiger partial charge in [-0.1, -0.05) is 0 Å². The van der Waals surface area contributed by atoms with Gasteiger partial charge in [0.1, 0.15) is 5.69 Å². The molecule has 0 aromatic heterocycles. The van der Waals surface area contributed by atoms with Gasteiger partial charge in [-0.2, -0.15) is 13.2 Å². The van der Waals surface area contributed by atoms with E-state index in [1.54, 1.807) is 17.0 Å². The molecule has 0 unspecified atom stereocenters. The normalized spacial score (nSPS) is 14.8. The smallest absolute Gasteiger partial charge is 0.368 e. The Morgan fingerprint density at radius 1 is 0.821 bits per heavy atom. The zero-order chi connectivity index (χ0) is 20.5. The highest BCUT2D eigenvalue weighted by Crippen LogP contribution is 2.37. The summed E-state index contributed by atoms with van der Waals surface area (Å²) in [5.41, 5.74) is -0.762. The zero-order valence-corrected chi connectivity index (χ0v) is 14.4. The van der Waals surface area contributed by atoms with E-state index in [0.29, 0.717) is 32.2 Å². The number of alkyl halides is 3. The molecule has 0 saturated carbocycles. The second kappa shape index (κ2) is 7.33. The Balaban J connectivity index is 1.75. The Hall–Kier alpha value is -3.37. The Kier molecular flexibility index (Phi) is 5.08. The van der Waals surface area contributed by atoms with Gasteiger partial charge in [0.2, 0.25) is 0 Å². The fraction of sp³-hybridized carbons (Fsp3) is 0.294. The third-order valence-corrected chi connectivity index (χ3v) is 4.55. The highest BCUT2D eigenvalue weighted by Gasteiger charge is 2.34. The van der Waals surface area contributed by atoms with Crippen molar-refractivity contribution >= 4 is 22.7 Å². The number of anilines is 2. The average molecular weight is 396 g/mol. The van der Waals surface area contributed by atoms with Crippen molar-refractivity contribution in [3.8, 4) is 0 Å². The Morgan fingerprint density at radius 2 is 1.39 bits per heavy atom. The lowest BCUT2D eigenvalue weighted by molar-refractivity contribution is -0.384. The van der Waals surface area contributed by atoms with Crippen molar-refractivity contribution in [1.29, 1.82) is 0 Å². The number of hydrogen-bond donors (Lipinski definition) is 0. The predicted molar refractivity (Wildman–Crippen MR) is 95.6 cm³/mol. The summed E-state index contributed by atoms with van der Waals surface area (Å²) >= 11 is 0. The summed E-state index contributed by atoms with van der Waals surface area (Å²) in [4.78, 5) is 24.3. The van der Waals surface area contributed by atoms with Crippen LogP contribution in [0.2, 0.25) is 0 Å². The van der Waals surface area contributed by atoms with Crippen molar-refractivity contribution in [2.45, 2.75) is 6.18 Å². The van der Waals surface area contributed by atoms with Crippen molar-refractivity contribution in [2.75, 3.05) is 36.0 Å². The minimum atomic E-state index is -4.65. The molecule has 11 heteroatoms. The van der Waals surface area contributed by atoms with Gasteiger partial charge in [-0.25, -0.2) is 0 Å². The molecule has 0 bridgehead atoms. The van der Waals surface area contributed by atoms with E-state index in [2.05, 4.69) is 0 Å². The first kappa shape index (κ1) is 19.4. The maximum atomic E-state index is 12.8. The predicted octanol–water partition coefficient (Wildman–Crippen LogP) is 3.85. The molecule has 0 N–H and O–H groups in total. The lowest BCUT2D eigenvalue weighted by Crippen LogP contribution is -2.46. The van der Waals surface area contributed by atoms with E-state index in [0.717, 1.165) is 17.8 Å². The van der Waals surface area contributed by atoms with Crippen LogP contribution in [0.25, 0.3) is 0 Å². The molecule has 28 heavy (non-hydrogen) atoms. The zero-order valence-electron chi connectivity index (χ0n) is 14.4. The molecule has 1 saturated heterocycles. The molecule has 0 radical (unpaired) electrons. The molecular weight excluding hydrogens is 381 g/mol. The van der Waals surface area contributed by atoms with Crippen LogP contribution in [0.1, 0.15) is 5.56 Å². The molecule has 2 aromatic rings.